The van der Waals surface area contributed by atoms with Gasteiger partial charge in [0, 0.05) is 31.3 Å². The van der Waals surface area contributed by atoms with E-state index in [1.807, 2.05) is 63.2 Å². The monoisotopic (exact) mass is 324 g/mol. The molecule has 0 aliphatic carbocycles. The molecule has 0 atom stereocenters. The Morgan fingerprint density at radius 2 is 1.71 bits per heavy atom. The van der Waals surface area contributed by atoms with Gasteiger partial charge in [0.05, 0.1) is 0 Å². The number of hydrogen-bond donors (Lipinski definition) is 1. The van der Waals surface area contributed by atoms with Gasteiger partial charge in [-0.1, -0.05) is 30.3 Å². The Morgan fingerprint density at radius 3 is 2.38 bits per heavy atom. The first-order valence-electron chi connectivity index (χ1n) is 8.09. The molecule has 0 fully saturated rings. The quantitative estimate of drug-likeness (QED) is 0.904. The van der Waals surface area contributed by atoms with E-state index in [1.54, 1.807) is 4.90 Å². The number of nitrogens with one attached hydrogen (secondary N) is 1. The van der Waals surface area contributed by atoms with Crippen LogP contribution in [0.4, 0.5) is 11.4 Å². The molecule has 0 aliphatic rings. The molecule has 0 saturated carbocycles. The van der Waals surface area contributed by atoms with Gasteiger partial charge in [0.2, 0.25) is 11.8 Å². The molecule has 2 rings (SSSR count). The molecule has 0 saturated heterocycles. The number of nitrogens with zero attached hydrogens (tertiary/aromatic N) is 1. The van der Waals surface area contributed by atoms with Crippen LogP contribution in [0.5, 0.6) is 0 Å². The van der Waals surface area contributed by atoms with Crippen molar-refractivity contribution in [2.24, 2.45) is 0 Å². The lowest BCUT2D eigenvalue weighted by Gasteiger charge is -2.23. The highest BCUT2D eigenvalue weighted by Gasteiger charge is 2.15. The van der Waals surface area contributed by atoms with Crippen molar-refractivity contribution in [3.05, 3.63) is 59.2 Å². The minimum absolute atomic E-state index is 0.0659. The van der Waals surface area contributed by atoms with Crippen LogP contribution in [0, 0.1) is 20.8 Å². The van der Waals surface area contributed by atoms with Crippen molar-refractivity contribution >= 4 is 23.2 Å². The molecule has 2 amide bonds. The maximum atomic E-state index is 12.3. The molecule has 0 unspecified atom stereocenters. The van der Waals surface area contributed by atoms with Crippen LogP contribution in [0.3, 0.4) is 0 Å². The number of carbonyl (C=O) groups excluding carboxylic acids is 2. The van der Waals surface area contributed by atoms with Gasteiger partial charge in [0.1, 0.15) is 0 Å². The second kappa shape index (κ2) is 7.77. The fourth-order valence-electron chi connectivity index (χ4n) is 2.61. The summed E-state index contributed by atoms with van der Waals surface area (Å²) in [5.74, 6) is -0.160. The van der Waals surface area contributed by atoms with Gasteiger partial charge in [-0.2, -0.15) is 0 Å². The summed E-state index contributed by atoms with van der Waals surface area (Å²) in [6, 6.07) is 13.7. The summed E-state index contributed by atoms with van der Waals surface area (Å²) in [6.07, 6.45) is 0.251. The zero-order valence-electron chi connectivity index (χ0n) is 14.7. The number of carbonyl (C=O) groups is 2. The fourth-order valence-corrected chi connectivity index (χ4v) is 2.61. The van der Waals surface area contributed by atoms with Gasteiger partial charge in [0.25, 0.3) is 0 Å². The third-order valence-electron chi connectivity index (χ3n) is 4.02. The van der Waals surface area contributed by atoms with E-state index >= 15 is 0 Å². The maximum Gasteiger partial charge on any atom is 0.226 e. The first-order valence-corrected chi connectivity index (χ1v) is 8.09. The number of hydrogen-bond acceptors (Lipinski definition) is 2. The average molecular weight is 324 g/mol. The normalized spacial score (nSPS) is 10.3. The Labute approximate surface area is 143 Å². The molecule has 2 aromatic carbocycles. The van der Waals surface area contributed by atoms with Crippen LogP contribution in [0.2, 0.25) is 0 Å². The van der Waals surface area contributed by atoms with Crippen LogP contribution in [-0.4, -0.2) is 18.4 Å². The van der Waals surface area contributed by atoms with Gasteiger partial charge in [-0.05, 0) is 49.6 Å². The molecule has 1 N–H and O–H groups in total. The third-order valence-corrected chi connectivity index (χ3v) is 4.02. The standard InChI is InChI=1S/C20H24N2O2/c1-14-9-10-15(2)18(13-14)21-20(24)11-12-22(17(4)23)19-8-6-5-7-16(19)3/h5-10,13H,11-12H2,1-4H3,(H,21,24). The van der Waals surface area contributed by atoms with Gasteiger partial charge < -0.3 is 10.2 Å². The molecule has 4 heteroatoms. The fraction of sp³-hybridized carbons (Fsp3) is 0.300. The third kappa shape index (κ3) is 4.44. The van der Waals surface area contributed by atoms with E-state index in [2.05, 4.69) is 5.32 Å². The molecule has 126 valence electrons. The number of amides is 2. The zero-order chi connectivity index (χ0) is 17.7. The SMILES string of the molecule is CC(=O)N(CCC(=O)Nc1cc(C)ccc1C)c1ccccc1C. The van der Waals surface area contributed by atoms with Crippen LogP contribution in [0.1, 0.15) is 30.0 Å². The average Bonchev–Trinajstić information content (AvgIpc) is 2.52. The van der Waals surface area contributed by atoms with E-state index in [1.165, 1.54) is 6.92 Å². The summed E-state index contributed by atoms with van der Waals surface area (Å²) in [7, 11) is 0. The Bertz CT molecular complexity index is 753. The van der Waals surface area contributed by atoms with Crippen LogP contribution < -0.4 is 10.2 Å². The largest absolute Gasteiger partial charge is 0.326 e. The van der Waals surface area contributed by atoms with Crippen LogP contribution in [0.25, 0.3) is 0 Å². The first-order chi connectivity index (χ1) is 11.4. The molecular weight excluding hydrogens is 300 g/mol. The van der Waals surface area contributed by atoms with E-state index < -0.39 is 0 Å². The van der Waals surface area contributed by atoms with Crippen molar-refractivity contribution in [3.8, 4) is 0 Å². The van der Waals surface area contributed by atoms with E-state index in [0.29, 0.717) is 6.54 Å². The maximum absolute atomic E-state index is 12.3. The van der Waals surface area contributed by atoms with Crippen LogP contribution >= 0.6 is 0 Å². The first kappa shape index (κ1) is 17.7. The Morgan fingerprint density at radius 1 is 1.00 bits per heavy atom. The molecule has 0 radical (unpaired) electrons. The summed E-state index contributed by atoms with van der Waals surface area (Å²) >= 11 is 0. The van der Waals surface area contributed by atoms with Crippen molar-refractivity contribution in [2.75, 3.05) is 16.8 Å². The minimum atomic E-state index is -0.0939. The molecule has 0 heterocycles. The highest BCUT2D eigenvalue weighted by atomic mass is 16.2. The van der Waals surface area contributed by atoms with Crippen molar-refractivity contribution in [3.63, 3.8) is 0 Å². The highest BCUT2D eigenvalue weighted by Crippen LogP contribution is 2.20. The van der Waals surface area contributed by atoms with Gasteiger partial charge in [-0.15, -0.1) is 0 Å². The molecule has 0 aromatic heterocycles. The lowest BCUT2D eigenvalue weighted by molar-refractivity contribution is -0.117. The summed E-state index contributed by atoms with van der Waals surface area (Å²) in [5.41, 5.74) is 4.81. The summed E-state index contributed by atoms with van der Waals surface area (Å²) < 4.78 is 0. The molecular formula is C20H24N2O2. The number of benzene rings is 2. The Balaban J connectivity index is 2.04. The van der Waals surface area contributed by atoms with Gasteiger partial charge in [-0.25, -0.2) is 0 Å². The second-order valence-electron chi connectivity index (χ2n) is 6.07. The molecule has 24 heavy (non-hydrogen) atoms. The second-order valence-corrected chi connectivity index (χ2v) is 6.07. The van der Waals surface area contributed by atoms with Gasteiger partial charge in [0.15, 0.2) is 0 Å². The number of anilines is 2. The van der Waals surface area contributed by atoms with Crippen molar-refractivity contribution in [2.45, 2.75) is 34.1 Å². The lowest BCUT2D eigenvalue weighted by Crippen LogP contribution is -2.32. The molecule has 0 spiro atoms. The van der Waals surface area contributed by atoms with Gasteiger partial charge in [-0.3, -0.25) is 9.59 Å². The Hall–Kier alpha value is -2.62. The predicted molar refractivity (Wildman–Crippen MR) is 98.4 cm³/mol. The van der Waals surface area contributed by atoms with Crippen molar-refractivity contribution in [1.82, 2.24) is 0 Å². The highest BCUT2D eigenvalue weighted by molar-refractivity contribution is 5.95. The number of rotatable bonds is 5. The van der Waals surface area contributed by atoms with Crippen molar-refractivity contribution in [1.29, 1.82) is 0 Å². The molecule has 0 bridgehead atoms. The Kier molecular flexibility index (Phi) is 5.74. The predicted octanol–water partition coefficient (Wildman–Crippen LogP) is 3.99. The van der Waals surface area contributed by atoms with E-state index in [-0.39, 0.29) is 18.2 Å². The lowest BCUT2D eigenvalue weighted by atomic mass is 10.1. The number of para-hydroxylation sites is 1. The minimum Gasteiger partial charge on any atom is -0.326 e. The summed E-state index contributed by atoms with van der Waals surface area (Å²) in [6.45, 7) is 7.79. The smallest absolute Gasteiger partial charge is 0.226 e. The van der Waals surface area contributed by atoms with E-state index in [4.69, 9.17) is 0 Å². The molecule has 2 aromatic rings. The van der Waals surface area contributed by atoms with Crippen molar-refractivity contribution < 1.29 is 9.59 Å². The van der Waals surface area contributed by atoms with Crippen LogP contribution in [0.15, 0.2) is 42.5 Å². The molecule has 4 nitrogen and oxygen atoms in total. The van der Waals surface area contributed by atoms with E-state index in [9.17, 15) is 9.59 Å². The van der Waals surface area contributed by atoms with E-state index in [0.717, 1.165) is 28.1 Å². The summed E-state index contributed by atoms with van der Waals surface area (Å²) in [4.78, 5) is 25.9. The molecule has 0 aliphatic heterocycles. The summed E-state index contributed by atoms with van der Waals surface area (Å²) in [5, 5.41) is 2.93. The zero-order valence-corrected chi connectivity index (χ0v) is 14.7. The topological polar surface area (TPSA) is 49.4 Å². The number of aryl methyl sites for hydroxylation is 3. The van der Waals surface area contributed by atoms with Crippen LogP contribution in [-0.2, 0) is 9.59 Å². The van der Waals surface area contributed by atoms with Gasteiger partial charge >= 0.3 is 0 Å².